The second kappa shape index (κ2) is 6.82. The van der Waals surface area contributed by atoms with E-state index >= 15 is 0 Å². The standard InChI is InChI=1S/C18H13ClN2O3S/c19-13-2-1-3-14(9-13)21-7-6-20-18(21)25-10-15(22)12-4-5-16-17(8-12)24-11-23-16/h1-9H,10-11H2. The van der Waals surface area contributed by atoms with Crippen molar-refractivity contribution in [1.82, 2.24) is 9.55 Å². The molecule has 1 aliphatic heterocycles. The molecule has 25 heavy (non-hydrogen) atoms. The maximum absolute atomic E-state index is 12.5. The van der Waals surface area contributed by atoms with E-state index in [9.17, 15) is 4.79 Å². The molecule has 1 aromatic heterocycles. The largest absolute Gasteiger partial charge is 0.454 e. The molecular weight excluding hydrogens is 360 g/mol. The Morgan fingerprint density at radius 2 is 2.08 bits per heavy atom. The second-order valence-corrected chi connectivity index (χ2v) is 6.72. The quantitative estimate of drug-likeness (QED) is 0.495. The van der Waals surface area contributed by atoms with Crippen LogP contribution in [0.1, 0.15) is 10.4 Å². The number of fused-ring (bicyclic) bond motifs is 1. The lowest BCUT2D eigenvalue weighted by Gasteiger charge is -2.08. The van der Waals surface area contributed by atoms with Crippen LogP contribution < -0.4 is 9.47 Å². The minimum absolute atomic E-state index is 0.00365. The normalized spacial score (nSPS) is 12.4. The van der Waals surface area contributed by atoms with Gasteiger partial charge in [-0.15, -0.1) is 0 Å². The Labute approximate surface area is 153 Å². The highest BCUT2D eigenvalue weighted by Gasteiger charge is 2.17. The average molecular weight is 373 g/mol. The van der Waals surface area contributed by atoms with Crippen molar-refractivity contribution in [2.24, 2.45) is 0 Å². The van der Waals surface area contributed by atoms with Crippen LogP contribution in [0.2, 0.25) is 5.02 Å². The van der Waals surface area contributed by atoms with Crippen LogP contribution in [0.5, 0.6) is 11.5 Å². The van der Waals surface area contributed by atoms with Gasteiger partial charge in [-0.25, -0.2) is 4.98 Å². The van der Waals surface area contributed by atoms with Crippen molar-refractivity contribution in [2.75, 3.05) is 12.5 Å². The molecule has 0 bridgehead atoms. The summed E-state index contributed by atoms with van der Waals surface area (Å²) in [4.78, 5) is 16.8. The van der Waals surface area contributed by atoms with Crippen LogP contribution in [0.3, 0.4) is 0 Å². The molecule has 0 atom stereocenters. The second-order valence-electron chi connectivity index (χ2n) is 5.34. The number of Topliss-reactive ketones (excluding diaryl/α,β-unsaturated/α-hetero) is 1. The third-order valence-electron chi connectivity index (χ3n) is 3.72. The van der Waals surface area contributed by atoms with Gasteiger partial charge < -0.3 is 9.47 Å². The van der Waals surface area contributed by atoms with E-state index in [1.54, 1.807) is 24.4 Å². The number of hydrogen-bond acceptors (Lipinski definition) is 5. The Bertz CT molecular complexity index is 942. The van der Waals surface area contributed by atoms with Gasteiger partial charge in [0.05, 0.1) is 5.75 Å². The topological polar surface area (TPSA) is 53.4 Å². The van der Waals surface area contributed by atoms with Crippen molar-refractivity contribution in [2.45, 2.75) is 5.16 Å². The van der Waals surface area contributed by atoms with E-state index in [0.29, 0.717) is 22.1 Å². The van der Waals surface area contributed by atoms with E-state index in [1.165, 1.54) is 11.8 Å². The number of halogens is 1. The molecule has 0 saturated carbocycles. The first-order chi connectivity index (χ1) is 12.2. The zero-order valence-electron chi connectivity index (χ0n) is 13.0. The first-order valence-corrected chi connectivity index (χ1v) is 8.92. The van der Waals surface area contributed by atoms with Crippen molar-refractivity contribution in [3.05, 3.63) is 65.4 Å². The van der Waals surface area contributed by atoms with E-state index in [4.69, 9.17) is 21.1 Å². The zero-order chi connectivity index (χ0) is 17.2. The molecule has 0 unspecified atom stereocenters. The van der Waals surface area contributed by atoms with Crippen LogP contribution in [-0.2, 0) is 0 Å². The van der Waals surface area contributed by atoms with Crippen LogP contribution in [0.15, 0.2) is 60.0 Å². The summed E-state index contributed by atoms with van der Waals surface area (Å²) in [6.07, 6.45) is 3.55. The molecule has 0 fully saturated rings. The van der Waals surface area contributed by atoms with Crippen molar-refractivity contribution in [3.8, 4) is 17.2 Å². The highest BCUT2D eigenvalue weighted by molar-refractivity contribution is 7.99. The first kappa shape index (κ1) is 16.1. The molecule has 0 radical (unpaired) electrons. The third kappa shape index (κ3) is 3.36. The van der Waals surface area contributed by atoms with Crippen LogP contribution >= 0.6 is 23.4 Å². The van der Waals surface area contributed by atoms with Crippen molar-refractivity contribution >= 4 is 29.1 Å². The molecule has 7 heteroatoms. The molecule has 0 N–H and O–H groups in total. The summed E-state index contributed by atoms with van der Waals surface area (Å²) >= 11 is 7.43. The van der Waals surface area contributed by atoms with Gasteiger partial charge in [0, 0.05) is 28.7 Å². The van der Waals surface area contributed by atoms with Crippen LogP contribution in [0, 0.1) is 0 Å². The average Bonchev–Trinajstić information content (AvgIpc) is 3.28. The number of carbonyl (C=O) groups excluding carboxylic acids is 1. The van der Waals surface area contributed by atoms with Gasteiger partial charge in [0.25, 0.3) is 0 Å². The Morgan fingerprint density at radius 3 is 2.96 bits per heavy atom. The Morgan fingerprint density at radius 1 is 1.20 bits per heavy atom. The Balaban J connectivity index is 1.49. The number of imidazole rings is 1. The van der Waals surface area contributed by atoms with Crippen molar-refractivity contribution in [3.63, 3.8) is 0 Å². The molecule has 0 amide bonds. The number of benzene rings is 2. The van der Waals surface area contributed by atoms with E-state index in [2.05, 4.69) is 4.98 Å². The summed E-state index contributed by atoms with van der Waals surface area (Å²) in [5.41, 5.74) is 1.50. The summed E-state index contributed by atoms with van der Waals surface area (Å²) in [7, 11) is 0. The fourth-order valence-corrected chi connectivity index (χ4v) is 3.55. The number of hydrogen-bond donors (Lipinski definition) is 0. The number of nitrogens with zero attached hydrogens (tertiary/aromatic N) is 2. The number of carbonyl (C=O) groups is 1. The van der Waals surface area contributed by atoms with Crippen LogP contribution in [0.25, 0.3) is 5.69 Å². The molecule has 126 valence electrons. The lowest BCUT2D eigenvalue weighted by molar-refractivity contribution is 0.102. The maximum atomic E-state index is 12.5. The molecular formula is C18H13ClN2O3S. The predicted molar refractivity (Wildman–Crippen MR) is 96.2 cm³/mol. The summed E-state index contributed by atoms with van der Waals surface area (Å²) < 4.78 is 12.5. The van der Waals surface area contributed by atoms with Gasteiger partial charge in [-0.05, 0) is 36.4 Å². The predicted octanol–water partition coefficient (Wildman–Crippen LogP) is 4.23. The molecule has 3 aromatic rings. The Hall–Kier alpha value is -2.44. The fourth-order valence-electron chi connectivity index (χ4n) is 2.50. The van der Waals surface area contributed by atoms with Crippen molar-refractivity contribution in [1.29, 1.82) is 0 Å². The summed E-state index contributed by atoms with van der Waals surface area (Å²) in [5.74, 6) is 1.55. The van der Waals surface area contributed by atoms with Crippen LogP contribution in [0.4, 0.5) is 0 Å². The third-order valence-corrected chi connectivity index (χ3v) is 4.92. The zero-order valence-corrected chi connectivity index (χ0v) is 14.6. The van der Waals surface area contributed by atoms with Gasteiger partial charge in [0.2, 0.25) is 6.79 Å². The molecule has 1 aliphatic rings. The van der Waals surface area contributed by atoms with Gasteiger partial charge in [0.1, 0.15) is 0 Å². The minimum Gasteiger partial charge on any atom is -0.454 e. The van der Waals surface area contributed by atoms with E-state index in [-0.39, 0.29) is 18.3 Å². The number of ketones is 1. The van der Waals surface area contributed by atoms with Gasteiger partial charge in [-0.1, -0.05) is 29.4 Å². The van der Waals surface area contributed by atoms with E-state index < -0.39 is 0 Å². The van der Waals surface area contributed by atoms with Gasteiger partial charge in [0.15, 0.2) is 22.4 Å². The monoisotopic (exact) mass is 372 g/mol. The van der Waals surface area contributed by atoms with Crippen molar-refractivity contribution < 1.29 is 14.3 Å². The number of aromatic nitrogens is 2. The molecule has 2 aromatic carbocycles. The molecule has 0 saturated heterocycles. The van der Waals surface area contributed by atoms with E-state index in [1.807, 2.05) is 35.0 Å². The maximum Gasteiger partial charge on any atom is 0.231 e. The molecule has 2 heterocycles. The highest BCUT2D eigenvalue weighted by Crippen LogP contribution is 2.33. The molecule has 5 nitrogen and oxygen atoms in total. The SMILES string of the molecule is O=C(CSc1nccn1-c1cccc(Cl)c1)c1ccc2c(c1)OCO2. The summed E-state index contributed by atoms with van der Waals surface area (Å²) in [6, 6.07) is 12.7. The highest BCUT2D eigenvalue weighted by atomic mass is 35.5. The number of rotatable bonds is 5. The minimum atomic E-state index is 0.00365. The molecule has 4 rings (SSSR count). The smallest absolute Gasteiger partial charge is 0.231 e. The van der Waals surface area contributed by atoms with Gasteiger partial charge in [-0.2, -0.15) is 0 Å². The molecule has 0 aliphatic carbocycles. The lowest BCUT2D eigenvalue weighted by Crippen LogP contribution is -2.04. The van der Waals surface area contributed by atoms with E-state index in [0.717, 1.165) is 10.8 Å². The Kier molecular flexibility index (Phi) is 4.38. The fraction of sp³-hybridized carbons (Fsp3) is 0.111. The summed E-state index contributed by atoms with van der Waals surface area (Å²) in [5, 5.41) is 1.38. The van der Waals surface area contributed by atoms with Gasteiger partial charge >= 0.3 is 0 Å². The van der Waals surface area contributed by atoms with Crippen LogP contribution in [-0.4, -0.2) is 27.9 Å². The molecule has 0 spiro atoms. The van der Waals surface area contributed by atoms with Gasteiger partial charge in [-0.3, -0.25) is 9.36 Å². The first-order valence-electron chi connectivity index (χ1n) is 7.56. The number of ether oxygens (including phenoxy) is 2. The number of thioether (sulfide) groups is 1. The summed E-state index contributed by atoms with van der Waals surface area (Å²) in [6.45, 7) is 0.193. The lowest BCUT2D eigenvalue weighted by atomic mass is 10.1.